The van der Waals surface area contributed by atoms with Crippen LogP contribution in [-0.2, 0) is 0 Å². The molecule has 29 heavy (non-hydrogen) atoms. The van der Waals surface area contributed by atoms with E-state index in [1.165, 1.54) is 19.3 Å². The number of carbonyl (C=O) groups is 1. The van der Waals surface area contributed by atoms with Crippen molar-refractivity contribution >= 4 is 11.7 Å². The molecule has 2 aromatic rings. The Morgan fingerprint density at radius 3 is 2.45 bits per heavy atom. The maximum atomic E-state index is 13.0. The van der Waals surface area contributed by atoms with E-state index in [1.807, 2.05) is 36.4 Å². The number of amides is 1. The van der Waals surface area contributed by atoms with Gasteiger partial charge in [-0.3, -0.25) is 4.79 Å². The maximum Gasteiger partial charge on any atom is 0.270 e. The first-order valence-electron chi connectivity index (χ1n) is 11.0. The molecule has 6 heteroatoms. The Kier molecular flexibility index (Phi) is 6.39. The summed E-state index contributed by atoms with van der Waals surface area (Å²) in [7, 11) is 0. The van der Waals surface area contributed by atoms with E-state index in [-0.39, 0.29) is 11.9 Å². The van der Waals surface area contributed by atoms with Crippen LogP contribution in [0.1, 0.15) is 49.5 Å². The minimum absolute atomic E-state index is 0.0788. The van der Waals surface area contributed by atoms with Crippen LogP contribution in [0, 0.1) is 0 Å². The number of likely N-dealkylation sites (N-methyl/N-ethyl adjacent to an activating group) is 1. The summed E-state index contributed by atoms with van der Waals surface area (Å²) < 4.78 is 0. The summed E-state index contributed by atoms with van der Waals surface area (Å²) in [6.07, 6.45) is 5.78. The molecule has 1 aromatic heterocycles. The third kappa shape index (κ3) is 4.93. The number of anilines is 1. The van der Waals surface area contributed by atoms with Crippen molar-refractivity contribution in [2.45, 2.75) is 45.1 Å². The van der Waals surface area contributed by atoms with Gasteiger partial charge in [-0.1, -0.05) is 56.5 Å². The van der Waals surface area contributed by atoms with E-state index < -0.39 is 0 Å². The van der Waals surface area contributed by atoms with Crippen molar-refractivity contribution in [2.24, 2.45) is 0 Å². The SMILES string of the molecule is CCN1CCN(c2cc(C(=O)NC3CCCCC3)nc(-c3ccccc3)n2)CC1. The Labute approximate surface area is 173 Å². The van der Waals surface area contributed by atoms with Crippen LogP contribution >= 0.6 is 0 Å². The van der Waals surface area contributed by atoms with Crippen molar-refractivity contribution in [1.29, 1.82) is 0 Å². The summed E-state index contributed by atoms with van der Waals surface area (Å²) in [5.41, 5.74) is 1.41. The number of nitrogens with one attached hydrogen (secondary N) is 1. The topological polar surface area (TPSA) is 61.4 Å². The number of hydrogen-bond acceptors (Lipinski definition) is 5. The highest BCUT2D eigenvalue weighted by atomic mass is 16.1. The van der Waals surface area contributed by atoms with Crippen molar-refractivity contribution in [3.05, 3.63) is 42.1 Å². The van der Waals surface area contributed by atoms with Crippen LogP contribution in [0.4, 0.5) is 5.82 Å². The zero-order valence-electron chi connectivity index (χ0n) is 17.3. The Bertz CT molecular complexity index is 811. The Hall–Kier alpha value is -2.47. The zero-order valence-corrected chi connectivity index (χ0v) is 17.3. The van der Waals surface area contributed by atoms with E-state index >= 15 is 0 Å². The Morgan fingerprint density at radius 1 is 1.03 bits per heavy atom. The highest BCUT2D eigenvalue weighted by Crippen LogP contribution is 2.22. The Morgan fingerprint density at radius 2 is 1.76 bits per heavy atom. The Balaban J connectivity index is 1.60. The molecule has 154 valence electrons. The van der Waals surface area contributed by atoms with Crippen LogP contribution in [-0.4, -0.2) is 59.5 Å². The molecule has 1 aromatic carbocycles. The van der Waals surface area contributed by atoms with Crippen LogP contribution in [0.2, 0.25) is 0 Å². The molecule has 1 saturated carbocycles. The lowest BCUT2D eigenvalue weighted by atomic mass is 9.95. The number of carbonyl (C=O) groups excluding carboxylic acids is 1. The normalized spacial score (nSPS) is 18.6. The first-order chi connectivity index (χ1) is 14.2. The van der Waals surface area contributed by atoms with Crippen LogP contribution in [0.3, 0.4) is 0 Å². The molecule has 0 unspecified atom stereocenters. The molecule has 2 aliphatic rings. The van der Waals surface area contributed by atoms with Crippen molar-refractivity contribution in [3.8, 4) is 11.4 Å². The van der Waals surface area contributed by atoms with E-state index in [1.54, 1.807) is 0 Å². The lowest BCUT2D eigenvalue weighted by Gasteiger charge is -2.35. The van der Waals surface area contributed by atoms with Gasteiger partial charge in [-0.25, -0.2) is 9.97 Å². The first kappa shape index (κ1) is 19.8. The molecule has 1 saturated heterocycles. The van der Waals surface area contributed by atoms with E-state index in [0.29, 0.717) is 11.5 Å². The molecule has 1 amide bonds. The highest BCUT2D eigenvalue weighted by Gasteiger charge is 2.22. The largest absolute Gasteiger partial charge is 0.354 e. The van der Waals surface area contributed by atoms with E-state index in [4.69, 9.17) is 4.98 Å². The zero-order chi connectivity index (χ0) is 20.1. The molecule has 1 aliphatic heterocycles. The quantitative estimate of drug-likeness (QED) is 0.844. The monoisotopic (exact) mass is 393 g/mol. The number of nitrogens with zero attached hydrogens (tertiary/aromatic N) is 4. The van der Waals surface area contributed by atoms with E-state index in [2.05, 4.69) is 27.0 Å². The van der Waals surface area contributed by atoms with Crippen LogP contribution in [0.5, 0.6) is 0 Å². The maximum absolute atomic E-state index is 13.0. The minimum Gasteiger partial charge on any atom is -0.354 e. The molecule has 1 N–H and O–H groups in total. The van der Waals surface area contributed by atoms with Crippen LogP contribution in [0.25, 0.3) is 11.4 Å². The molecule has 0 spiro atoms. The van der Waals surface area contributed by atoms with Gasteiger partial charge in [0.05, 0.1) is 0 Å². The van der Waals surface area contributed by atoms with Gasteiger partial charge >= 0.3 is 0 Å². The minimum atomic E-state index is -0.0788. The van der Waals surface area contributed by atoms with Gasteiger partial charge in [-0.2, -0.15) is 0 Å². The van der Waals surface area contributed by atoms with Gasteiger partial charge in [0.25, 0.3) is 5.91 Å². The number of hydrogen-bond donors (Lipinski definition) is 1. The summed E-state index contributed by atoms with van der Waals surface area (Å²) >= 11 is 0. The second-order valence-corrected chi connectivity index (χ2v) is 8.03. The molecular formula is C23H31N5O. The standard InChI is InChI=1S/C23H31N5O/c1-2-27-13-15-28(16-14-27)21-17-20(23(29)24-19-11-7-4-8-12-19)25-22(26-21)18-9-5-3-6-10-18/h3,5-6,9-10,17,19H,2,4,7-8,11-16H2,1H3,(H,24,29). The first-order valence-corrected chi connectivity index (χ1v) is 11.0. The summed E-state index contributed by atoms with van der Waals surface area (Å²) in [5, 5.41) is 3.20. The lowest BCUT2D eigenvalue weighted by Crippen LogP contribution is -2.46. The average molecular weight is 394 g/mol. The molecule has 2 heterocycles. The molecular weight excluding hydrogens is 362 g/mol. The summed E-state index contributed by atoms with van der Waals surface area (Å²) in [6.45, 7) is 7.14. The van der Waals surface area contributed by atoms with Gasteiger partial charge in [0.15, 0.2) is 5.82 Å². The van der Waals surface area contributed by atoms with Gasteiger partial charge in [0.1, 0.15) is 11.5 Å². The fourth-order valence-corrected chi connectivity index (χ4v) is 4.23. The van der Waals surface area contributed by atoms with Gasteiger partial charge < -0.3 is 15.1 Å². The molecule has 6 nitrogen and oxygen atoms in total. The van der Waals surface area contributed by atoms with Crippen molar-refractivity contribution < 1.29 is 4.79 Å². The fourth-order valence-electron chi connectivity index (χ4n) is 4.23. The number of rotatable bonds is 5. The molecule has 2 fully saturated rings. The third-order valence-electron chi connectivity index (χ3n) is 6.06. The summed E-state index contributed by atoms with van der Waals surface area (Å²) in [5.74, 6) is 1.39. The second-order valence-electron chi connectivity index (χ2n) is 8.03. The lowest BCUT2D eigenvalue weighted by molar-refractivity contribution is 0.0922. The molecule has 0 bridgehead atoms. The van der Waals surface area contributed by atoms with Crippen molar-refractivity contribution in [1.82, 2.24) is 20.2 Å². The van der Waals surface area contributed by atoms with E-state index in [9.17, 15) is 4.79 Å². The highest BCUT2D eigenvalue weighted by molar-refractivity contribution is 5.93. The van der Waals surface area contributed by atoms with Crippen molar-refractivity contribution in [2.75, 3.05) is 37.6 Å². The second kappa shape index (κ2) is 9.35. The average Bonchev–Trinajstić information content (AvgIpc) is 2.80. The van der Waals surface area contributed by atoms with Crippen LogP contribution < -0.4 is 10.2 Å². The van der Waals surface area contributed by atoms with Gasteiger partial charge in [0.2, 0.25) is 0 Å². The molecule has 0 radical (unpaired) electrons. The predicted octanol–water partition coefficient (Wildman–Crippen LogP) is 3.35. The van der Waals surface area contributed by atoms with Gasteiger partial charge in [-0.05, 0) is 19.4 Å². The van der Waals surface area contributed by atoms with Crippen LogP contribution in [0.15, 0.2) is 36.4 Å². The third-order valence-corrected chi connectivity index (χ3v) is 6.06. The van der Waals surface area contributed by atoms with Crippen molar-refractivity contribution in [3.63, 3.8) is 0 Å². The number of piperazine rings is 1. The van der Waals surface area contributed by atoms with E-state index in [0.717, 1.165) is 56.9 Å². The number of aromatic nitrogens is 2. The smallest absolute Gasteiger partial charge is 0.270 e. The predicted molar refractivity (Wildman–Crippen MR) is 116 cm³/mol. The summed E-state index contributed by atoms with van der Waals surface area (Å²) in [6, 6.07) is 12.1. The summed E-state index contributed by atoms with van der Waals surface area (Å²) in [4.78, 5) is 27.2. The fraction of sp³-hybridized carbons (Fsp3) is 0.522. The number of benzene rings is 1. The molecule has 4 rings (SSSR count). The van der Waals surface area contributed by atoms with Gasteiger partial charge in [0, 0.05) is 43.9 Å². The molecule has 1 aliphatic carbocycles. The van der Waals surface area contributed by atoms with Gasteiger partial charge in [-0.15, -0.1) is 0 Å². The molecule has 0 atom stereocenters.